The minimum Gasteiger partial charge on any atom is -0.481 e. The molecule has 104 valence electrons. The van der Waals surface area contributed by atoms with Crippen molar-refractivity contribution in [2.45, 2.75) is 38.2 Å². The van der Waals surface area contributed by atoms with Crippen molar-refractivity contribution < 1.29 is 19.0 Å². The maximum absolute atomic E-state index is 12.8. The Kier molecular flexibility index (Phi) is 4.91. The largest absolute Gasteiger partial charge is 0.481 e. The highest BCUT2D eigenvalue weighted by Gasteiger charge is 2.22. The smallest absolute Gasteiger partial charge is 0.306 e. The van der Waals surface area contributed by atoms with Gasteiger partial charge in [-0.05, 0) is 49.8 Å². The van der Waals surface area contributed by atoms with Crippen LogP contribution in [-0.4, -0.2) is 23.8 Å². The number of rotatable bonds is 6. The molecule has 1 aromatic rings. The van der Waals surface area contributed by atoms with E-state index in [1.165, 1.54) is 12.1 Å². The fourth-order valence-corrected chi connectivity index (χ4v) is 2.48. The van der Waals surface area contributed by atoms with Crippen LogP contribution in [0.1, 0.15) is 31.2 Å². The summed E-state index contributed by atoms with van der Waals surface area (Å²) in [5, 5.41) is 9.25. The minimum atomic E-state index is -0.790. The molecule has 1 N–H and O–H groups in total. The molecule has 2 rings (SSSR count). The van der Waals surface area contributed by atoms with Crippen molar-refractivity contribution >= 4 is 5.97 Å². The van der Waals surface area contributed by atoms with Crippen LogP contribution in [-0.2, 0) is 16.0 Å². The summed E-state index contributed by atoms with van der Waals surface area (Å²) in [7, 11) is 0. The van der Waals surface area contributed by atoms with Crippen molar-refractivity contribution in [3.8, 4) is 0 Å². The summed E-state index contributed by atoms with van der Waals surface area (Å²) in [6, 6.07) is 6.04. The SMILES string of the molecule is O=C(O)C(CCC1CCCO1)Cc1ccc(F)cc1. The van der Waals surface area contributed by atoms with E-state index in [-0.39, 0.29) is 11.9 Å². The molecule has 19 heavy (non-hydrogen) atoms. The van der Waals surface area contributed by atoms with Crippen molar-refractivity contribution in [2.24, 2.45) is 5.92 Å². The molecule has 0 aliphatic carbocycles. The van der Waals surface area contributed by atoms with E-state index in [2.05, 4.69) is 0 Å². The van der Waals surface area contributed by atoms with Crippen molar-refractivity contribution in [3.63, 3.8) is 0 Å². The van der Waals surface area contributed by atoms with Crippen molar-refractivity contribution in [1.82, 2.24) is 0 Å². The quantitative estimate of drug-likeness (QED) is 0.861. The maximum Gasteiger partial charge on any atom is 0.306 e. The van der Waals surface area contributed by atoms with Gasteiger partial charge in [-0.2, -0.15) is 0 Å². The van der Waals surface area contributed by atoms with E-state index in [4.69, 9.17) is 4.74 Å². The van der Waals surface area contributed by atoms with Gasteiger partial charge in [-0.3, -0.25) is 4.79 Å². The van der Waals surface area contributed by atoms with Crippen LogP contribution >= 0.6 is 0 Å². The molecule has 1 aliphatic rings. The van der Waals surface area contributed by atoms with Gasteiger partial charge in [-0.25, -0.2) is 4.39 Å². The summed E-state index contributed by atoms with van der Waals surface area (Å²) in [6.45, 7) is 0.792. The van der Waals surface area contributed by atoms with E-state index < -0.39 is 11.9 Å². The van der Waals surface area contributed by atoms with E-state index in [9.17, 15) is 14.3 Å². The van der Waals surface area contributed by atoms with Gasteiger partial charge >= 0.3 is 5.97 Å². The molecule has 0 spiro atoms. The molecule has 1 heterocycles. The molecule has 2 atom stereocenters. The van der Waals surface area contributed by atoms with Crippen LogP contribution in [0.2, 0.25) is 0 Å². The monoisotopic (exact) mass is 266 g/mol. The van der Waals surface area contributed by atoms with Crippen LogP contribution in [0.25, 0.3) is 0 Å². The van der Waals surface area contributed by atoms with E-state index in [0.29, 0.717) is 12.8 Å². The summed E-state index contributed by atoms with van der Waals surface area (Å²) < 4.78 is 18.3. The average Bonchev–Trinajstić information content (AvgIpc) is 2.89. The fraction of sp³-hybridized carbons (Fsp3) is 0.533. The van der Waals surface area contributed by atoms with Crippen LogP contribution in [0.3, 0.4) is 0 Å². The molecular formula is C15H19FO3. The number of benzene rings is 1. The Morgan fingerprint density at radius 2 is 2.16 bits per heavy atom. The predicted molar refractivity (Wildman–Crippen MR) is 69.4 cm³/mol. The molecule has 1 aliphatic heterocycles. The van der Waals surface area contributed by atoms with Crippen LogP contribution in [0.4, 0.5) is 4.39 Å². The van der Waals surface area contributed by atoms with Crippen LogP contribution in [0.15, 0.2) is 24.3 Å². The number of hydrogen-bond donors (Lipinski definition) is 1. The zero-order valence-electron chi connectivity index (χ0n) is 10.8. The lowest BCUT2D eigenvalue weighted by atomic mass is 9.93. The Morgan fingerprint density at radius 1 is 1.42 bits per heavy atom. The lowest BCUT2D eigenvalue weighted by Crippen LogP contribution is -2.19. The summed E-state index contributed by atoms with van der Waals surface area (Å²) in [5.41, 5.74) is 0.862. The Labute approximate surface area is 112 Å². The first-order chi connectivity index (χ1) is 9.15. The number of hydrogen-bond acceptors (Lipinski definition) is 2. The number of carboxylic acids is 1. The molecule has 2 unspecified atom stereocenters. The van der Waals surface area contributed by atoms with E-state index >= 15 is 0 Å². The van der Waals surface area contributed by atoms with E-state index in [1.807, 2.05) is 0 Å². The predicted octanol–water partition coefficient (Wildman–Crippen LogP) is 3.03. The Bertz CT molecular complexity index is 410. The molecule has 3 nitrogen and oxygen atoms in total. The van der Waals surface area contributed by atoms with Crippen LogP contribution < -0.4 is 0 Å². The van der Waals surface area contributed by atoms with Crippen molar-refractivity contribution in [2.75, 3.05) is 6.61 Å². The molecular weight excluding hydrogens is 247 g/mol. The highest BCUT2D eigenvalue weighted by molar-refractivity contribution is 5.70. The Hall–Kier alpha value is -1.42. The highest BCUT2D eigenvalue weighted by Crippen LogP contribution is 2.22. The van der Waals surface area contributed by atoms with Gasteiger partial charge in [0, 0.05) is 6.61 Å². The first-order valence-electron chi connectivity index (χ1n) is 6.74. The molecule has 1 fully saturated rings. The van der Waals surface area contributed by atoms with Gasteiger partial charge in [0.1, 0.15) is 5.82 Å². The van der Waals surface area contributed by atoms with Crippen LogP contribution in [0.5, 0.6) is 0 Å². The topological polar surface area (TPSA) is 46.5 Å². The Balaban J connectivity index is 1.88. The van der Waals surface area contributed by atoms with Gasteiger partial charge in [0.2, 0.25) is 0 Å². The highest BCUT2D eigenvalue weighted by atomic mass is 19.1. The van der Waals surface area contributed by atoms with Gasteiger partial charge in [0.15, 0.2) is 0 Å². The van der Waals surface area contributed by atoms with Gasteiger partial charge < -0.3 is 9.84 Å². The van der Waals surface area contributed by atoms with Crippen molar-refractivity contribution in [3.05, 3.63) is 35.6 Å². The lowest BCUT2D eigenvalue weighted by Gasteiger charge is -2.15. The second-order valence-corrected chi connectivity index (χ2v) is 5.08. The fourth-order valence-electron chi connectivity index (χ4n) is 2.48. The second-order valence-electron chi connectivity index (χ2n) is 5.08. The zero-order valence-corrected chi connectivity index (χ0v) is 10.8. The average molecular weight is 266 g/mol. The molecule has 0 bridgehead atoms. The third kappa shape index (κ3) is 4.31. The number of carboxylic acid groups (broad SMARTS) is 1. The Morgan fingerprint density at radius 3 is 2.74 bits per heavy atom. The normalized spacial score (nSPS) is 20.4. The molecule has 0 radical (unpaired) electrons. The zero-order chi connectivity index (χ0) is 13.7. The maximum atomic E-state index is 12.8. The molecule has 1 saturated heterocycles. The summed E-state index contributed by atoms with van der Waals surface area (Å²) in [4.78, 5) is 11.3. The molecule has 4 heteroatoms. The van der Waals surface area contributed by atoms with Crippen molar-refractivity contribution in [1.29, 1.82) is 0 Å². The first-order valence-corrected chi connectivity index (χ1v) is 6.74. The lowest BCUT2D eigenvalue weighted by molar-refractivity contribution is -0.142. The standard InChI is InChI=1S/C15H19FO3/c16-13-6-3-11(4-7-13)10-12(15(17)18)5-8-14-2-1-9-19-14/h3-4,6-7,12,14H,1-2,5,8-10H2,(H,17,18). The number of halogens is 1. The summed E-state index contributed by atoms with van der Waals surface area (Å²) in [5.74, 6) is -1.51. The van der Waals surface area contributed by atoms with E-state index in [1.54, 1.807) is 12.1 Å². The van der Waals surface area contributed by atoms with Gasteiger partial charge in [0.25, 0.3) is 0 Å². The van der Waals surface area contributed by atoms with Gasteiger partial charge in [0.05, 0.1) is 12.0 Å². The number of carbonyl (C=O) groups is 1. The molecule has 0 saturated carbocycles. The van der Waals surface area contributed by atoms with E-state index in [0.717, 1.165) is 31.4 Å². The second kappa shape index (κ2) is 6.66. The third-order valence-corrected chi connectivity index (χ3v) is 3.61. The third-order valence-electron chi connectivity index (χ3n) is 3.61. The number of aliphatic carboxylic acids is 1. The molecule has 0 amide bonds. The number of ether oxygens (including phenoxy) is 1. The van der Waals surface area contributed by atoms with Crippen LogP contribution in [0, 0.1) is 11.7 Å². The summed E-state index contributed by atoms with van der Waals surface area (Å²) >= 11 is 0. The first kappa shape index (κ1) is 14.0. The van der Waals surface area contributed by atoms with Gasteiger partial charge in [-0.15, -0.1) is 0 Å². The van der Waals surface area contributed by atoms with Gasteiger partial charge in [-0.1, -0.05) is 12.1 Å². The molecule has 0 aromatic heterocycles. The minimum absolute atomic E-state index is 0.218. The molecule has 1 aromatic carbocycles. The summed E-state index contributed by atoms with van der Waals surface area (Å²) in [6.07, 6.45) is 4.16.